The van der Waals surface area contributed by atoms with Crippen LogP contribution >= 0.6 is 0 Å². The molecular formula is C16H32N2O2. The van der Waals surface area contributed by atoms with Crippen LogP contribution in [0.2, 0.25) is 0 Å². The predicted octanol–water partition coefficient (Wildman–Crippen LogP) is 2.12. The van der Waals surface area contributed by atoms with Crippen molar-refractivity contribution in [2.45, 2.75) is 59.0 Å². The van der Waals surface area contributed by atoms with Gasteiger partial charge in [0.15, 0.2) is 0 Å². The van der Waals surface area contributed by atoms with E-state index in [1.807, 2.05) is 18.7 Å². The Morgan fingerprint density at radius 1 is 1.10 bits per heavy atom. The van der Waals surface area contributed by atoms with Crippen molar-refractivity contribution in [1.29, 1.82) is 0 Å². The third kappa shape index (κ3) is 5.80. The molecule has 20 heavy (non-hydrogen) atoms. The van der Waals surface area contributed by atoms with E-state index in [1.165, 1.54) is 0 Å². The van der Waals surface area contributed by atoms with E-state index in [4.69, 9.17) is 0 Å². The molecule has 1 fully saturated rings. The molecular weight excluding hydrogens is 252 g/mol. The molecule has 1 N–H and O–H groups in total. The van der Waals surface area contributed by atoms with Gasteiger partial charge in [-0.05, 0) is 26.7 Å². The molecule has 0 aromatic rings. The van der Waals surface area contributed by atoms with Gasteiger partial charge in [0.1, 0.15) is 0 Å². The Morgan fingerprint density at radius 3 is 2.00 bits per heavy atom. The first-order chi connectivity index (χ1) is 9.37. The van der Waals surface area contributed by atoms with E-state index < -0.39 is 5.60 Å². The highest BCUT2D eigenvalue weighted by Gasteiger charge is 2.28. The fourth-order valence-corrected chi connectivity index (χ4v) is 3.02. The maximum Gasteiger partial charge on any atom is 0.225 e. The van der Waals surface area contributed by atoms with Crippen molar-refractivity contribution in [2.24, 2.45) is 5.92 Å². The SMILES string of the molecule is CCCC(CCC)C(=O)N1CCN(CC(C)(C)O)CC1. The zero-order valence-corrected chi connectivity index (χ0v) is 13.7. The van der Waals surface area contributed by atoms with Crippen molar-refractivity contribution in [2.75, 3.05) is 32.7 Å². The van der Waals surface area contributed by atoms with E-state index in [0.29, 0.717) is 12.5 Å². The van der Waals surface area contributed by atoms with Crippen molar-refractivity contribution < 1.29 is 9.90 Å². The quantitative estimate of drug-likeness (QED) is 0.779. The minimum Gasteiger partial charge on any atom is -0.389 e. The molecule has 0 aromatic heterocycles. The molecule has 1 heterocycles. The molecule has 1 saturated heterocycles. The van der Waals surface area contributed by atoms with Gasteiger partial charge in [0.05, 0.1) is 5.60 Å². The average molecular weight is 284 g/mol. The number of hydrogen-bond donors (Lipinski definition) is 1. The molecule has 1 aliphatic heterocycles. The van der Waals surface area contributed by atoms with Gasteiger partial charge in [0.2, 0.25) is 5.91 Å². The van der Waals surface area contributed by atoms with Crippen molar-refractivity contribution in [3.8, 4) is 0 Å². The highest BCUT2D eigenvalue weighted by molar-refractivity contribution is 5.78. The minimum atomic E-state index is -0.654. The minimum absolute atomic E-state index is 0.214. The second-order valence-corrected chi connectivity index (χ2v) is 6.69. The summed E-state index contributed by atoms with van der Waals surface area (Å²) in [5.41, 5.74) is -0.654. The Labute approximate surface area is 124 Å². The third-order valence-electron chi connectivity index (χ3n) is 3.92. The third-order valence-corrected chi connectivity index (χ3v) is 3.92. The zero-order valence-electron chi connectivity index (χ0n) is 13.7. The lowest BCUT2D eigenvalue weighted by atomic mass is 9.96. The number of piperazine rings is 1. The second kappa shape index (κ2) is 7.99. The molecule has 0 aromatic carbocycles. The Balaban J connectivity index is 2.45. The first-order valence-corrected chi connectivity index (χ1v) is 8.11. The van der Waals surface area contributed by atoms with Gasteiger partial charge in [0.25, 0.3) is 0 Å². The van der Waals surface area contributed by atoms with Crippen molar-refractivity contribution in [3.63, 3.8) is 0 Å². The number of carbonyl (C=O) groups is 1. The molecule has 0 atom stereocenters. The zero-order chi connectivity index (χ0) is 15.2. The van der Waals surface area contributed by atoms with Crippen LogP contribution < -0.4 is 0 Å². The van der Waals surface area contributed by atoms with Gasteiger partial charge in [-0.15, -0.1) is 0 Å². The molecule has 4 heteroatoms. The van der Waals surface area contributed by atoms with Crippen LogP contribution in [0.15, 0.2) is 0 Å². The molecule has 4 nitrogen and oxygen atoms in total. The van der Waals surface area contributed by atoms with E-state index in [2.05, 4.69) is 18.7 Å². The van der Waals surface area contributed by atoms with E-state index in [-0.39, 0.29) is 5.92 Å². The number of nitrogens with zero attached hydrogens (tertiary/aromatic N) is 2. The lowest BCUT2D eigenvalue weighted by Gasteiger charge is -2.38. The first-order valence-electron chi connectivity index (χ1n) is 8.11. The van der Waals surface area contributed by atoms with Gasteiger partial charge in [-0.25, -0.2) is 0 Å². The number of hydrogen-bond acceptors (Lipinski definition) is 3. The summed E-state index contributed by atoms with van der Waals surface area (Å²) in [4.78, 5) is 16.8. The Bertz CT molecular complexity index is 285. The number of aliphatic hydroxyl groups is 1. The predicted molar refractivity (Wildman–Crippen MR) is 82.6 cm³/mol. The van der Waals surface area contributed by atoms with Crippen LogP contribution in [0.5, 0.6) is 0 Å². The first kappa shape index (κ1) is 17.4. The summed E-state index contributed by atoms with van der Waals surface area (Å²) in [6.45, 7) is 12.0. The van der Waals surface area contributed by atoms with Gasteiger partial charge in [-0.3, -0.25) is 9.69 Å². The number of rotatable bonds is 7. The van der Waals surface area contributed by atoms with Crippen LogP contribution in [0.25, 0.3) is 0 Å². The molecule has 1 rings (SSSR count). The molecule has 0 bridgehead atoms. The van der Waals surface area contributed by atoms with Crippen LogP contribution in [0, 0.1) is 5.92 Å². The van der Waals surface area contributed by atoms with Gasteiger partial charge in [-0.1, -0.05) is 26.7 Å². The number of amides is 1. The van der Waals surface area contributed by atoms with E-state index in [0.717, 1.165) is 51.9 Å². The van der Waals surface area contributed by atoms with Crippen molar-refractivity contribution >= 4 is 5.91 Å². The summed E-state index contributed by atoms with van der Waals surface area (Å²) in [6, 6.07) is 0. The lowest BCUT2D eigenvalue weighted by molar-refractivity contribution is -0.138. The summed E-state index contributed by atoms with van der Waals surface area (Å²) in [6.07, 6.45) is 4.18. The number of carbonyl (C=O) groups excluding carboxylic acids is 1. The smallest absolute Gasteiger partial charge is 0.225 e. The molecule has 0 radical (unpaired) electrons. The van der Waals surface area contributed by atoms with Crippen molar-refractivity contribution in [3.05, 3.63) is 0 Å². The summed E-state index contributed by atoms with van der Waals surface area (Å²) in [7, 11) is 0. The van der Waals surface area contributed by atoms with Crippen molar-refractivity contribution in [1.82, 2.24) is 9.80 Å². The Hall–Kier alpha value is -0.610. The second-order valence-electron chi connectivity index (χ2n) is 6.69. The fourth-order valence-electron chi connectivity index (χ4n) is 3.02. The van der Waals surface area contributed by atoms with Crippen LogP contribution in [0.4, 0.5) is 0 Å². The average Bonchev–Trinajstić information content (AvgIpc) is 2.37. The summed E-state index contributed by atoms with van der Waals surface area (Å²) < 4.78 is 0. The Kier molecular flexibility index (Phi) is 6.96. The molecule has 0 aliphatic carbocycles. The molecule has 0 unspecified atom stereocenters. The molecule has 0 spiro atoms. The maximum atomic E-state index is 12.5. The van der Waals surface area contributed by atoms with Crippen LogP contribution in [0.3, 0.4) is 0 Å². The fraction of sp³-hybridized carbons (Fsp3) is 0.938. The molecule has 118 valence electrons. The normalized spacial score (nSPS) is 17.8. The highest BCUT2D eigenvalue weighted by Crippen LogP contribution is 2.18. The molecule has 1 aliphatic rings. The Morgan fingerprint density at radius 2 is 1.60 bits per heavy atom. The van der Waals surface area contributed by atoms with Crippen LogP contribution in [-0.2, 0) is 4.79 Å². The monoisotopic (exact) mass is 284 g/mol. The van der Waals surface area contributed by atoms with Crippen LogP contribution in [0.1, 0.15) is 53.4 Å². The number of β-amino-alcohol motifs (C(OH)–C–C–N with tert-alkyl or cyclic N) is 1. The summed E-state index contributed by atoms with van der Waals surface area (Å²) in [5.74, 6) is 0.558. The van der Waals surface area contributed by atoms with Crippen LogP contribution in [-0.4, -0.2) is 59.1 Å². The standard InChI is InChI=1S/C16H32N2O2/c1-5-7-14(8-6-2)15(19)18-11-9-17(10-12-18)13-16(3,4)20/h14,20H,5-13H2,1-4H3. The molecule has 1 amide bonds. The molecule has 0 saturated carbocycles. The van der Waals surface area contributed by atoms with E-state index in [9.17, 15) is 9.90 Å². The van der Waals surface area contributed by atoms with Gasteiger partial charge >= 0.3 is 0 Å². The van der Waals surface area contributed by atoms with E-state index in [1.54, 1.807) is 0 Å². The van der Waals surface area contributed by atoms with E-state index >= 15 is 0 Å². The van der Waals surface area contributed by atoms with Gasteiger partial charge in [-0.2, -0.15) is 0 Å². The summed E-state index contributed by atoms with van der Waals surface area (Å²) in [5, 5.41) is 9.85. The van der Waals surface area contributed by atoms with Gasteiger partial charge < -0.3 is 10.0 Å². The maximum absolute atomic E-state index is 12.5. The lowest BCUT2D eigenvalue weighted by Crippen LogP contribution is -2.53. The topological polar surface area (TPSA) is 43.8 Å². The summed E-state index contributed by atoms with van der Waals surface area (Å²) >= 11 is 0. The largest absolute Gasteiger partial charge is 0.389 e. The van der Waals surface area contributed by atoms with Gasteiger partial charge in [0, 0.05) is 38.6 Å². The highest BCUT2D eigenvalue weighted by atomic mass is 16.3.